The first kappa shape index (κ1) is 14.6. The summed E-state index contributed by atoms with van der Waals surface area (Å²) in [6.45, 7) is 3.33. The first-order valence-corrected chi connectivity index (χ1v) is 6.26. The van der Waals surface area contributed by atoms with Crippen molar-refractivity contribution in [2.45, 2.75) is 19.9 Å². The fourth-order valence-corrected chi connectivity index (χ4v) is 1.93. The van der Waals surface area contributed by atoms with Crippen LogP contribution in [0.3, 0.4) is 0 Å². The lowest BCUT2D eigenvalue weighted by atomic mass is 10.2. The van der Waals surface area contributed by atoms with E-state index < -0.39 is 11.9 Å². The highest BCUT2D eigenvalue weighted by atomic mass is 16.4. The van der Waals surface area contributed by atoms with Gasteiger partial charge < -0.3 is 15.0 Å². The van der Waals surface area contributed by atoms with E-state index in [4.69, 9.17) is 5.11 Å². The van der Waals surface area contributed by atoms with Gasteiger partial charge in [-0.05, 0) is 26.0 Å². The maximum absolute atomic E-state index is 12.1. The molecule has 0 saturated carbocycles. The molecule has 21 heavy (non-hydrogen) atoms. The second-order valence-electron chi connectivity index (χ2n) is 4.63. The number of pyridine rings is 1. The van der Waals surface area contributed by atoms with Gasteiger partial charge in [0.2, 0.25) is 0 Å². The molecule has 1 unspecified atom stereocenters. The molecule has 0 saturated heterocycles. The predicted octanol–water partition coefficient (Wildman–Crippen LogP) is 0.708. The molecule has 0 radical (unpaired) electrons. The van der Waals surface area contributed by atoms with E-state index in [0.29, 0.717) is 11.5 Å². The van der Waals surface area contributed by atoms with Crippen molar-refractivity contribution in [1.29, 1.82) is 0 Å². The average molecular weight is 289 g/mol. The molecular formula is C13H15N5O3. The Morgan fingerprint density at radius 3 is 2.62 bits per heavy atom. The summed E-state index contributed by atoms with van der Waals surface area (Å²) in [6.07, 6.45) is 1.54. The Kier molecular flexibility index (Phi) is 3.97. The molecular weight excluding hydrogens is 274 g/mol. The van der Waals surface area contributed by atoms with Crippen LogP contribution in [0.1, 0.15) is 45.3 Å². The molecule has 0 aliphatic heterocycles. The summed E-state index contributed by atoms with van der Waals surface area (Å²) in [6, 6.07) is 2.41. The molecule has 0 spiro atoms. The quantitative estimate of drug-likeness (QED) is 0.857. The van der Waals surface area contributed by atoms with Crippen LogP contribution in [0.2, 0.25) is 0 Å². The number of amides is 1. The van der Waals surface area contributed by atoms with E-state index >= 15 is 0 Å². The summed E-state index contributed by atoms with van der Waals surface area (Å²) in [5.41, 5.74) is 0.529. The minimum absolute atomic E-state index is 0.0768. The number of carbonyl (C=O) groups is 2. The van der Waals surface area contributed by atoms with Crippen LogP contribution in [0.5, 0.6) is 0 Å². The third kappa shape index (κ3) is 3.04. The van der Waals surface area contributed by atoms with Crippen LogP contribution in [0.25, 0.3) is 0 Å². The van der Waals surface area contributed by atoms with Crippen LogP contribution >= 0.6 is 0 Å². The van der Waals surface area contributed by atoms with Crippen molar-refractivity contribution in [3.8, 4) is 0 Å². The lowest BCUT2D eigenvalue weighted by Gasteiger charge is -2.13. The van der Waals surface area contributed by atoms with Gasteiger partial charge in [0.05, 0.1) is 17.3 Å². The fourth-order valence-electron chi connectivity index (χ4n) is 1.93. The van der Waals surface area contributed by atoms with Crippen LogP contribution < -0.4 is 5.32 Å². The van der Waals surface area contributed by atoms with Gasteiger partial charge in [-0.2, -0.15) is 0 Å². The number of aromatic carboxylic acids is 1. The van der Waals surface area contributed by atoms with Gasteiger partial charge in [-0.15, -0.1) is 10.2 Å². The number of hydrogen-bond donors (Lipinski definition) is 2. The molecule has 0 aliphatic rings. The number of aromatic nitrogens is 4. The van der Waals surface area contributed by atoms with Gasteiger partial charge in [0.25, 0.3) is 5.91 Å². The van der Waals surface area contributed by atoms with Gasteiger partial charge >= 0.3 is 5.97 Å². The number of rotatable bonds is 4. The van der Waals surface area contributed by atoms with Crippen molar-refractivity contribution >= 4 is 11.9 Å². The van der Waals surface area contributed by atoms with Crippen LogP contribution in [0.15, 0.2) is 18.5 Å². The smallest absolute Gasteiger partial charge is 0.337 e. The third-order valence-electron chi connectivity index (χ3n) is 3.03. The molecule has 8 heteroatoms. The van der Waals surface area contributed by atoms with E-state index in [2.05, 4.69) is 20.5 Å². The second kappa shape index (κ2) is 5.70. The van der Waals surface area contributed by atoms with Gasteiger partial charge in [0, 0.05) is 7.05 Å². The Morgan fingerprint density at radius 2 is 2.10 bits per heavy atom. The first-order chi connectivity index (χ1) is 9.90. The molecule has 2 rings (SSSR count). The number of aryl methyl sites for hydroxylation is 2. The van der Waals surface area contributed by atoms with Crippen molar-refractivity contribution in [3.63, 3.8) is 0 Å². The predicted molar refractivity (Wildman–Crippen MR) is 72.8 cm³/mol. The maximum atomic E-state index is 12.1. The number of nitrogens with one attached hydrogen (secondary N) is 1. The van der Waals surface area contributed by atoms with E-state index in [0.717, 1.165) is 0 Å². The van der Waals surface area contributed by atoms with E-state index in [-0.39, 0.29) is 17.3 Å². The molecule has 0 aliphatic carbocycles. The van der Waals surface area contributed by atoms with Crippen LogP contribution in [0.4, 0.5) is 0 Å². The third-order valence-corrected chi connectivity index (χ3v) is 3.03. The number of hydrogen-bond acceptors (Lipinski definition) is 5. The highest BCUT2D eigenvalue weighted by Crippen LogP contribution is 2.10. The molecule has 0 bridgehead atoms. The van der Waals surface area contributed by atoms with E-state index in [1.165, 1.54) is 12.1 Å². The maximum Gasteiger partial charge on any atom is 0.337 e. The summed E-state index contributed by atoms with van der Waals surface area (Å²) in [7, 11) is 1.78. The van der Waals surface area contributed by atoms with E-state index in [9.17, 15) is 9.59 Å². The summed E-state index contributed by atoms with van der Waals surface area (Å²) >= 11 is 0. The molecule has 110 valence electrons. The Balaban J connectivity index is 2.16. The van der Waals surface area contributed by atoms with Crippen molar-refractivity contribution in [1.82, 2.24) is 25.1 Å². The van der Waals surface area contributed by atoms with Crippen molar-refractivity contribution in [3.05, 3.63) is 41.2 Å². The largest absolute Gasteiger partial charge is 0.478 e. The van der Waals surface area contributed by atoms with E-state index in [1.54, 1.807) is 31.8 Å². The second-order valence-corrected chi connectivity index (χ2v) is 4.63. The van der Waals surface area contributed by atoms with Crippen molar-refractivity contribution in [2.75, 3.05) is 0 Å². The lowest BCUT2D eigenvalue weighted by Crippen LogP contribution is -2.29. The Labute approximate surface area is 120 Å². The summed E-state index contributed by atoms with van der Waals surface area (Å²) in [5.74, 6) is -0.854. The number of carboxylic acid groups (broad SMARTS) is 1. The minimum atomic E-state index is -1.07. The zero-order valence-corrected chi connectivity index (χ0v) is 11.9. The SMILES string of the molecule is Cc1nc(C(=O)NC(C)c2nncn2C)ccc1C(=O)O. The topological polar surface area (TPSA) is 110 Å². The molecule has 1 amide bonds. The zero-order chi connectivity index (χ0) is 15.6. The summed E-state index contributed by atoms with van der Waals surface area (Å²) in [5, 5.41) is 19.3. The molecule has 0 aromatic carbocycles. The molecule has 0 fully saturated rings. The van der Waals surface area contributed by atoms with Gasteiger partial charge in [0.1, 0.15) is 12.0 Å². The Morgan fingerprint density at radius 1 is 1.38 bits per heavy atom. The molecule has 8 nitrogen and oxygen atoms in total. The molecule has 2 heterocycles. The number of carboxylic acids is 1. The molecule has 2 aromatic heterocycles. The number of carbonyl (C=O) groups excluding carboxylic acids is 1. The van der Waals surface area contributed by atoms with Crippen molar-refractivity contribution in [2.24, 2.45) is 7.05 Å². The van der Waals surface area contributed by atoms with Gasteiger partial charge in [-0.1, -0.05) is 0 Å². The molecule has 1 atom stereocenters. The highest BCUT2D eigenvalue weighted by molar-refractivity contribution is 5.94. The van der Waals surface area contributed by atoms with E-state index in [1.807, 2.05) is 0 Å². The van der Waals surface area contributed by atoms with Crippen LogP contribution in [-0.4, -0.2) is 36.7 Å². The summed E-state index contributed by atoms with van der Waals surface area (Å²) < 4.78 is 1.71. The zero-order valence-electron chi connectivity index (χ0n) is 11.9. The summed E-state index contributed by atoms with van der Waals surface area (Å²) in [4.78, 5) is 27.0. The fraction of sp³-hybridized carbons (Fsp3) is 0.308. The monoisotopic (exact) mass is 289 g/mol. The number of nitrogens with zero attached hydrogens (tertiary/aromatic N) is 4. The van der Waals surface area contributed by atoms with Gasteiger partial charge in [-0.25, -0.2) is 9.78 Å². The molecule has 2 aromatic rings. The lowest BCUT2D eigenvalue weighted by molar-refractivity contribution is 0.0694. The first-order valence-electron chi connectivity index (χ1n) is 6.26. The average Bonchev–Trinajstić information content (AvgIpc) is 2.84. The molecule has 2 N–H and O–H groups in total. The standard InChI is InChI=1S/C13H15N5O3/c1-7-9(13(20)21)4-5-10(15-7)12(19)16-8(2)11-17-14-6-18(11)3/h4-6,8H,1-3H3,(H,16,19)(H,20,21). The van der Waals surface area contributed by atoms with Crippen LogP contribution in [0, 0.1) is 6.92 Å². The highest BCUT2D eigenvalue weighted by Gasteiger charge is 2.17. The van der Waals surface area contributed by atoms with Crippen LogP contribution in [-0.2, 0) is 7.05 Å². The Bertz CT molecular complexity index is 695. The van der Waals surface area contributed by atoms with Gasteiger partial charge in [-0.3, -0.25) is 4.79 Å². The van der Waals surface area contributed by atoms with Crippen molar-refractivity contribution < 1.29 is 14.7 Å². The van der Waals surface area contributed by atoms with Gasteiger partial charge in [0.15, 0.2) is 5.82 Å². The minimum Gasteiger partial charge on any atom is -0.478 e. The normalized spacial score (nSPS) is 12.0. The Hall–Kier alpha value is -2.77.